The lowest BCUT2D eigenvalue weighted by Crippen LogP contribution is -2.14. The second-order valence-electron chi connectivity index (χ2n) is 3.75. The molecule has 0 spiro atoms. The van der Waals surface area contributed by atoms with Crippen LogP contribution in [0.1, 0.15) is 0 Å². The first-order valence-electron chi connectivity index (χ1n) is 5.33. The highest BCUT2D eigenvalue weighted by molar-refractivity contribution is 9.10. The van der Waals surface area contributed by atoms with Crippen molar-refractivity contribution in [2.75, 3.05) is 10.1 Å². The second-order valence-corrected chi connectivity index (χ2v) is 6.76. The molecule has 0 aliphatic rings. The van der Waals surface area contributed by atoms with Crippen molar-refractivity contribution in [2.24, 2.45) is 5.84 Å². The van der Waals surface area contributed by atoms with Gasteiger partial charge in [0.1, 0.15) is 10.7 Å². The number of pyridine rings is 1. The molecule has 0 saturated heterocycles. The molecule has 0 fully saturated rings. The Morgan fingerprint density at radius 1 is 1.25 bits per heavy atom. The molecule has 0 aliphatic carbocycles. The fourth-order valence-electron chi connectivity index (χ4n) is 1.40. The van der Waals surface area contributed by atoms with Crippen molar-refractivity contribution in [2.45, 2.75) is 4.90 Å². The maximum Gasteiger partial charge on any atom is 0.263 e. The number of aromatic nitrogens is 1. The summed E-state index contributed by atoms with van der Waals surface area (Å²) in [5, 5.41) is 0.296. The van der Waals surface area contributed by atoms with Gasteiger partial charge in [-0.25, -0.2) is 19.2 Å². The van der Waals surface area contributed by atoms with Crippen molar-refractivity contribution in [3.63, 3.8) is 0 Å². The van der Waals surface area contributed by atoms with Gasteiger partial charge >= 0.3 is 0 Å². The predicted molar refractivity (Wildman–Crippen MR) is 82.0 cm³/mol. The lowest BCUT2D eigenvalue weighted by molar-refractivity contribution is 0.601. The summed E-state index contributed by atoms with van der Waals surface area (Å²) in [6.45, 7) is 0. The number of nitrogens with zero attached hydrogens (tertiary/aromatic N) is 1. The van der Waals surface area contributed by atoms with E-state index in [1.807, 2.05) is 0 Å². The summed E-state index contributed by atoms with van der Waals surface area (Å²) in [6.07, 6.45) is 1.20. The van der Waals surface area contributed by atoms with E-state index < -0.39 is 10.0 Å². The number of rotatable bonds is 4. The number of halogens is 2. The third kappa shape index (κ3) is 3.40. The highest BCUT2D eigenvalue weighted by atomic mass is 79.9. The maximum absolute atomic E-state index is 12.2. The minimum atomic E-state index is -3.76. The smallest absolute Gasteiger partial charge is 0.263 e. The van der Waals surface area contributed by atoms with Gasteiger partial charge in [0.2, 0.25) is 0 Å². The van der Waals surface area contributed by atoms with Gasteiger partial charge in [0.25, 0.3) is 10.0 Å². The molecule has 2 rings (SSSR count). The predicted octanol–water partition coefficient (Wildman–Crippen LogP) is 2.58. The monoisotopic (exact) mass is 376 g/mol. The van der Waals surface area contributed by atoms with Gasteiger partial charge in [-0.15, -0.1) is 0 Å². The molecule has 4 N–H and O–H groups in total. The third-order valence-corrected chi connectivity index (χ3v) is 4.54. The molecule has 2 aromatic rings. The van der Waals surface area contributed by atoms with Crippen LogP contribution in [0.2, 0.25) is 5.02 Å². The quantitative estimate of drug-likeness (QED) is 0.562. The Bertz CT molecular complexity index is 722. The van der Waals surface area contributed by atoms with Gasteiger partial charge in [0.05, 0.1) is 10.7 Å². The first kappa shape index (κ1) is 15.0. The van der Waals surface area contributed by atoms with Crippen LogP contribution in [0.4, 0.5) is 11.5 Å². The average Bonchev–Trinajstić information content (AvgIpc) is 2.43. The summed E-state index contributed by atoms with van der Waals surface area (Å²) in [5.74, 6) is 5.53. The SMILES string of the molecule is NNc1ccc(S(=O)(=O)Nc2cc(Br)ccc2Cl)cn1. The summed E-state index contributed by atoms with van der Waals surface area (Å²) < 4.78 is 27.5. The minimum Gasteiger partial charge on any atom is -0.308 e. The number of benzene rings is 1. The molecule has 9 heteroatoms. The van der Waals surface area contributed by atoms with Crippen molar-refractivity contribution in [3.8, 4) is 0 Å². The molecule has 1 heterocycles. The summed E-state index contributed by atoms with van der Waals surface area (Å²) in [7, 11) is -3.76. The van der Waals surface area contributed by atoms with Crippen molar-refractivity contribution in [1.82, 2.24) is 4.98 Å². The van der Waals surface area contributed by atoms with Crippen molar-refractivity contribution >= 4 is 49.1 Å². The van der Waals surface area contributed by atoms with Crippen LogP contribution < -0.4 is 16.0 Å². The van der Waals surface area contributed by atoms with E-state index in [1.54, 1.807) is 18.2 Å². The largest absolute Gasteiger partial charge is 0.308 e. The molecule has 0 radical (unpaired) electrons. The fraction of sp³-hybridized carbons (Fsp3) is 0. The Balaban J connectivity index is 2.32. The Kier molecular flexibility index (Phi) is 4.48. The first-order valence-corrected chi connectivity index (χ1v) is 7.98. The van der Waals surface area contributed by atoms with Crippen LogP contribution in [0.3, 0.4) is 0 Å². The van der Waals surface area contributed by atoms with Gasteiger partial charge in [-0.2, -0.15) is 0 Å². The fourth-order valence-corrected chi connectivity index (χ4v) is 3.00. The number of sulfonamides is 1. The van der Waals surface area contributed by atoms with E-state index in [0.717, 1.165) is 0 Å². The Hall–Kier alpha value is -1.35. The van der Waals surface area contributed by atoms with Crippen molar-refractivity contribution < 1.29 is 8.42 Å². The molecule has 0 bridgehead atoms. The number of hydrazine groups is 1. The summed E-state index contributed by atoms with van der Waals surface area (Å²) in [6, 6.07) is 7.71. The molecular formula is C11H10BrClN4O2S. The molecule has 0 atom stereocenters. The molecule has 1 aromatic carbocycles. The maximum atomic E-state index is 12.2. The van der Waals surface area contributed by atoms with Crippen LogP contribution in [0.25, 0.3) is 0 Å². The second kappa shape index (κ2) is 5.96. The minimum absolute atomic E-state index is 0.00698. The van der Waals surface area contributed by atoms with Gasteiger partial charge in [-0.3, -0.25) is 4.72 Å². The zero-order valence-corrected chi connectivity index (χ0v) is 13.1. The van der Waals surface area contributed by atoms with Gasteiger partial charge in [-0.1, -0.05) is 27.5 Å². The highest BCUT2D eigenvalue weighted by Gasteiger charge is 2.16. The molecule has 0 aliphatic heterocycles. The van der Waals surface area contributed by atoms with E-state index in [-0.39, 0.29) is 10.6 Å². The van der Waals surface area contributed by atoms with Crippen molar-refractivity contribution in [1.29, 1.82) is 0 Å². The normalized spacial score (nSPS) is 11.2. The summed E-state index contributed by atoms with van der Waals surface area (Å²) in [4.78, 5) is 3.85. The molecular weight excluding hydrogens is 368 g/mol. The van der Waals surface area contributed by atoms with E-state index in [9.17, 15) is 8.42 Å². The van der Waals surface area contributed by atoms with Crippen molar-refractivity contribution in [3.05, 3.63) is 46.0 Å². The first-order chi connectivity index (χ1) is 9.42. The summed E-state index contributed by atoms with van der Waals surface area (Å²) >= 11 is 9.20. The van der Waals surface area contributed by atoms with E-state index in [1.165, 1.54) is 18.3 Å². The Labute approximate surface area is 129 Å². The van der Waals surface area contributed by atoms with Crippen LogP contribution in [-0.4, -0.2) is 13.4 Å². The van der Waals surface area contributed by atoms with Crippen LogP contribution in [0.15, 0.2) is 45.9 Å². The van der Waals surface area contributed by atoms with Crippen LogP contribution in [0.5, 0.6) is 0 Å². The lowest BCUT2D eigenvalue weighted by Gasteiger charge is -2.10. The topological polar surface area (TPSA) is 97.1 Å². The number of nitrogens with one attached hydrogen (secondary N) is 2. The van der Waals surface area contributed by atoms with Gasteiger partial charge in [0.15, 0.2) is 0 Å². The Morgan fingerprint density at radius 3 is 2.60 bits per heavy atom. The van der Waals surface area contributed by atoms with E-state index in [4.69, 9.17) is 17.4 Å². The van der Waals surface area contributed by atoms with Gasteiger partial charge in [-0.05, 0) is 30.3 Å². The van der Waals surface area contributed by atoms with E-state index >= 15 is 0 Å². The molecule has 106 valence electrons. The van der Waals surface area contributed by atoms with E-state index in [0.29, 0.717) is 15.3 Å². The number of anilines is 2. The zero-order valence-electron chi connectivity index (χ0n) is 9.97. The molecule has 1 aromatic heterocycles. The molecule has 6 nitrogen and oxygen atoms in total. The number of hydrogen-bond donors (Lipinski definition) is 3. The standard InChI is InChI=1S/C11H10BrClN4O2S/c12-7-1-3-9(13)10(5-7)17-20(18,19)8-2-4-11(16-14)15-6-8/h1-6,17H,14H2,(H,15,16). The molecule has 0 amide bonds. The number of nitrogens with two attached hydrogens (primary N) is 1. The van der Waals surface area contributed by atoms with Crippen LogP contribution in [-0.2, 0) is 10.0 Å². The lowest BCUT2D eigenvalue weighted by atomic mass is 10.3. The average molecular weight is 378 g/mol. The van der Waals surface area contributed by atoms with Gasteiger partial charge < -0.3 is 5.43 Å². The number of nitrogen functional groups attached to an aromatic ring is 1. The summed E-state index contributed by atoms with van der Waals surface area (Å²) in [5.41, 5.74) is 2.60. The highest BCUT2D eigenvalue weighted by Crippen LogP contribution is 2.27. The van der Waals surface area contributed by atoms with E-state index in [2.05, 4.69) is 31.1 Å². The molecule has 20 heavy (non-hydrogen) atoms. The number of hydrogen-bond acceptors (Lipinski definition) is 5. The zero-order chi connectivity index (χ0) is 14.8. The van der Waals surface area contributed by atoms with Gasteiger partial charge in [0, 0.05) is 10.7 Å². The third-order valence-electron chi connectivity index (χ3n) is 2.37. The van der Waals surface area contributed by atoms with Crippen LogP contribution >= 0.6 is 27.5 Å². The molecule has 0 unspecified atom stereocenters. The Morgan fingerprint density at radius 2 is 2.00 bits per heavy atom. The molecule has 0 saturated carbocycles. The van der Waals surface area contributed by atoms with Crippen LogP contribution in [0, 0.1) is 0 Å².